The van der Waals surface area contributed by atoms with E-state index in [0.29, 0.717) is 13.2 Å². The molecule has 5 heteroatoms. The van der Waals surface area contributed by atoms with Crippen molar-refractivity contribution in [2.45, 2.75) is 19.7 Å². The Kier molecular flexibility index (Phi) is 7.19. The topological polar surface area (TPSA) is 34.4 Å². The van der Waals surface area contributed by atoms with Crippen LogP contribution < -0.4 is 22.5 Å². The molecule has 0 fully saturated rings. The Morgan fingerprint density at radius 1 is 0.958 bits per heavy atom. The Hall–Kier alpha value is -1.94. The molecule has 24 heavy (non-hydrogen) atoms. The van der Waals surface area contributed by atoms with Crippen molar-refractivity contribution in [3.05, 3.63) is 88.8 Å². The molecule has 0 unspecified atom stereocenters. The van der Waals surface area contributed by atoms with Gasteiger partial charge >= 0.3 is 0 Å². The Balaban J connectivity index is 0.00000208. The highest BCUT2D eigenvalue weighted by Crippen LogP contribution is 2.19. The second-order valence-electron chi connectivity index (χ2n) is 5.21. The van der Waals surface area contributed by atoms with E-state index < -0.39 is 0 Å². The SMILES string of the molecule is Clc1ccccc1COc1cccc(CNCc2ccco2)c1.[Cl-]. The summed E-state index contributed by atoms with van der Waals surface area (Å²) in [5.41, 5.74) is 2.14. The van der Waals surface area contributed by atoms with Crippen LogP contribution in [0.2, 0.25) is 5.02 Å². The molecule has 126 valence electrons. The Morgan fingerprint density at radius 3 is 2.62 bits per heavy atom. The Bertz CT molecular complexity index is 745. The van der Waals surface area contributed by atoms with Gasteiger partial charge in [0.1, 0.15) is 18.1 Å². The molecular weight excluding hydrogens is 345 g/mol. The normalized spacial score (nSPS) is 10.2. The number of nitrogens with one attached hydrogen (secondary N) is 1. The summed E-state index contributed by atoms with van der Waals surface area (Å²) in [5, 5.41) is 4.07. The van der Waals surface area contributed by atoms with Crippen molar-refractivity contribution in [2.24, 2.45) is 0 Å². The lowest BCUT2D eigenvalue weighted by atomic mass is 10.2. The fraction of sp³-hybridized carbons (Fsp3) is 0.158. The Morgan fingerprint density at radius 2 is 1.83 bits per heavy atom. The summed E-state index contributed by atoms with van der Waals surface area (Å²) in [5.74, 6) is 1.76. The lowest BCUT2D eigenvalue weighted by molar-refractivity contribution is -0.00000546. The van der Waals surface area contributed by atoms with Crippen LogP contribution in [-0.4, -0.2) is 0 Å². The third-order valence-electron chi connectivity index (χ3n) is 3.46. The van der Waals surface area contributed by atoms with Crippen LogP contribution in [-0.2, 0) is 19.7 Å². The molecule has 0 radical (unpaired) electrons. The lowest BCUT2D eigenvalue weighted by Gasteiger charge is -2.09. The molecule has 1 aromatic heterocycles. The van der Waals surface area contributed by atoms with Crippen LogP contribution in [0.15, 0.2) is 71.3 Å². The number of rotatable bonds is 7. The molecule has 0 bridgehead atoms. The molecule has 3 rings (SSSR count). The first-order chi connectivity index (χ1) is 11.3. The molecule has 0 aliphatic heterocycles. The maximum atomic E-state index is 6.14. The van der Waals surface area contributed by atoms with Gasteiger partial charge in [0.05, 0.1) is 12.8 Å². The average Bonchev–Trinajstić information content (AvgIpc) is 3.08. The molecule has 1 heterocycles. The second kappa shape index (κ2) is 9.38. The van der Waals surface area contributed by atoms with Crippen molar-refractivity contribution in [3.8, 4) is 5.75 Å². The van der Waals surface area contributed by atoms with Gasteiger partial charge in [-0.1, -0.05) is 41.9 Å². The van der Waals surface area contributed by atoms with E-state index >= 15 is 0 Å². The molecule has 0 aliphatic rings. The summed E-state index contributed by atoms with van der Waals surface area (Å²) >= 11 is 6.14. The van der Waals surface area contributed by atoms with Gasteiger partial charge in [-0.25, -0.2) is 0 Å². The van der Waals surface area contributed by atoms with Gasteiger partial charge in [-0.2, -0.15) is 0 Å². The monoisotopic (exact) mass is 362 g/mol. The first-order valence-electron chi connectivity index (χ1n) is 7.49. The summed E-state index contributed by atoms with van der Waals surface area (Å²) in [6.45, 7) is 1.92. The van der Waals surface area contributed by atoms with Crippen molar-refractivity contribution in [3.63, 3.8) is 0 Å². The zero-order valence-electron chi connectivity index (χ0n) is 13.0. The highest BCUT2D eigenvalue weighted by molar-refractivity contribution is 6.31. The van der Waals surface area contributed by atoms with Crippen molar-refractivity contribution in [2.75, 3.05) is 0 Å². The summed E-state index contributed by atoms with van der Waals surface area (Å²) in [7, 11) is 0. The van der Waals surface area contributed by atoms with E-state index in [1.807, 2.05) is 54.6 Å². The summed E-state index contributed by atoms with van der Waals surface area (Å²) in [6.07, 6.45) is 1.68. The molecule has 3 aromatic rings. The summed E-state index contributed by atoms with van der Waals surface area (Å²) < 4.78 is 11.1. The number of furan rings is 1. The number of hydrogen-bond acceptors (Lipinski definition) is 3. The molecule has 1 N–H and O–H groups in total. The average molecular weight is 363 g/mol. The number of ether oxygens (including phenoxy) is 1. The van der Waals surface area contributed by atoms with E-state index in [4.69, 9.17) is 20.8 Å². The van der Waals surface area contributed by atoms with Crippen LogP contribution in [0.4, 0.5) is 0 Å². The number of halogens is 2. The quantitative estimate of drug-likeness (QED) is 0.695. The van der Waals surface area contributed by atoms with Gasteiger partial charge in [-0.05, 0) is 35.9 Å². The minimum Gasteiger partial charge on any atom is -1.00 e. The van der Waals surface area contributed by atoms with Crippen LogP contribution in [0.5, 0.6) is 5.75 Å². The van der Waals surface area contributed by atoms with Gasteiger partial charge < -0.3 is 26.9 Å². The zero-order chi connectivity index (χ0) is 15.9. The van der Waals surface area contributed by atoms with E-state index in [1.165, 1.54) is 0 Å². The first-order valence-corrected chi connectivity index (χ1v) is 7.87. The van der Waals surface area contributed by atoms with Crippen LogP contribution in [0.3, 0.4) is 0 Å². The van der Waals surface area contributed by atoms with E-state index in [-0.39, 0.29) is 12.4 Å². The van der Waals surface area contributed by atoms with Gasteiger partial charge in [-0.15, -0.1) is 0 Å². The highest BCUT2D eigenvalue weighted by atomic mass is 35.5. The van der Waals surface area contributed by atoms with Gasteiger partial charge in [0, 0.05) is 17.1 Å². The number of benzene rings is 2. The minimum absolute atomic E-state index is 0. The van der Waals surface area contributed by atoms with Gasteiger partial charge in [0.25, 0.3) is 0 Å². The largest absolute Gasteiger partial charge is 1.00 e. The van der Waals surface area contributed by atoms with Crippen molar-refractivity contribution in [1.82, 2.24) is 5.32 Å². The van der Waals surface area contributed by atoms with Gasteiger partial charge in [-0.3, -0.25) is 0 Å². The maximum Gasteiger partial charge on any atom is 0.120 e. The molecule has 0 saturated heterocycles. The molecular formula is C19H18Cl2NO2-. The van der Waals surface area contributed by atoms with E-state index in [0.717, 1.165) is 34.2 Å². The fourth-order valence-electron chi connectivity index (χ4n) is 2.26. The van der Waals surface area contributed by atoms with Gasteiger partial charge in [0.15, 0.2) is 0 Å². The molecule has 0 spiro atoms. The lowest BCUT2D eigenvalue weighted by Crippen LogP contribution is -3.00. The molecule has 0 atom stereocenters. The zero-order valence-corrected chi connectivity index (χ0v) is 14.6. The molecule has 0 amide bonds. The number of hydrogen-bond donors (Lipinski definition) is 1. The van der Waals surface area contributed by atoms with Crippen LogP contribution in [0, 0.1) is 0 Å². The molecule has 0 saturated carbocycles. The van der Waals surface area contributed by atoms with Crippen LogP contribution in [0.25, 0.3) is 0 Å². The Labute approximate surface area is 153 Å². The van der Waals surface area contributed by atoms with Crippen molar-refractivity contribution in [1.29, 1.82) is 0 Å². The molecule has 2 aromatic carbocycles. The van der Waals surface area contributed by atoms with Crippen molar-refractivity contribution < 1.29 is 21.6 Å². The fourth-order valence-corrected chi connectivity index (χ4v) is 2.46. The van der Waals surface area contributed by atoms with Gasteiger partial charge in [0.2, 0.25) is 0 Å². The molecule has 3 nitrogen and oxygen atoms in total. The standard InChI is InChI=1S/C19H18ClNO2.ClH/c20-19-9-2-1-6-16(19)14-23-17-7-3-5-15(11-17)12-21-13-18-8-4-10-22-18;/h1-11,21H,12-14H2;1H/p-1. The maximum absolute atomic E-state index is 6.14. The third kappa shape index (κ3) is 5.31. The van der Waals surface area contributed by atoms with E-state index in [1.54, 1.807) is 6.26 Å². The summed E-state index contributed by atoms with van der Waals surface area (Å²) in [4.78, 5) is 0. The predicted molar refractivity (Wildman–Crippen MR) is 91.5 cm³/mol. The predicted octanol–water partition coefficient (Wildman–Crippen LogP) is 1.81. The van der Waals surface area contributed by atoms with E-state index in [9.17, 15) is 0 Å². The highest BCUT2D eigenvalue weighted by Gasteiger charge is 2.02. The third-order valence-corrected chi connectivity index (χ3v) is 3.83. The first kappa shape index (κ1) is 18.4. The summed E-state index contributed by atoms with van der Waals surface area (Å²) in [6, 6.07) is 19.6. The molecule has 0 aliphatic carbocycles. The van der Waals surface area contributed by atoms with Crippen LogP contribution >= 0.6 is 11.6 Å². The van der Waals surface area contributed by atoms with Crippen LogP contribution in [0.1, 0.15) is 16.9 Å². The van der Waals surface area contributed by atoms with Crippen molar-refractivity contribution >= 4 is 11.6 Å². The second-order valence-corrected chi connectivity index (χ2v) is 5.62. The van der Waals surface area contributed by atoms with E-state index in [2.05, 4.69) is 11.4 Å². The smallest absolute Gasteiger partial charge is 0.120 e. The minimum atomic E-state index is 0.